The van der Waals surface area contributed by atoms with Gasteiger partial charge in [0, 0.05) is 18.5 Å². The Balaban J connectivity index is 2.27. The molecule has 0 aromatic carbocycles. The van der Waals surface area contributed by atoms with Crippen LogP contribution in [0.3, 0.4) is 0 Å². The van der Waals surface area contributed by atoms with Gasteiger partial charge in [-0.25, -0.2) is 0 Å². The number of rotatable bonds is 6. The lowest BCUT2D eigenvalue weighted by molar-refractivity contribution is 0.340. The molecule has 0 unspecified atom stereocenters. The van der Waals surface area contributed by atoms with Gasteiger partial charge in [-0.05, 0) is 12.8 Å². The molecule has 2 rings (SSSR count). The summed E-state index contributed by atoms with van der Waals surface area (Å²) >= 11 is 5.79. The zero-order valence-electron chi connectivity index (χ0n) is 9.89. The second-order valence-corrected chi connectivity index (χ2v) is 4.10. The summed E-state index contributed by atoms with van der Waals surface area (Å²) in [5, 5.41) is 0. The molecule has 0 amide bonds. The van der Waals surface area contributed by atoms with Gasteiger partial charge in [-0.3, -0.25) is 0 Å². The molecule has 0 radical (unpaired) electrons. The zero-order valence-corrected chi connectivity index (χ0v) is 10.6. The van der Waals surface area contributed by atoms with Crippen molar-refractivity contribution < 1.29 is 9.47 Å². The van der Waals surface area contributed by atoms with Gasteiger partial charge in [-0.1, -0.05) is 0 Å². The molecule has 0 N–H and O–H groups in total. The first-order valence-corrected chi connectivity index (χ1v) is 5.98. The zero-order chi connectivity index (χ0) is 12.3. The Labute approximate surface area is 105 Å². The fraction of sp³-hybridized carbons (Fsp3) is 0.700. The minimum Gasteiger partial charge on any atom is -0.467 e. The van der Waals surface area contributed by atoms with Crippen LogP contribution in [0.15, 0.2) is 0 Å². The van der Waals surface area contributed by atoms with Crippen LogP contribution in [-0.2, 0) is 0 Å². The molecule has 1 aliphatic rings. The average Bonchev–Trinajstić information content (AvgIpc) is 3.19. The second-order valence-electron chi connectivity index (χ2n) is 3.72. The van der Waals surface area contributed by atoms with Gasteiger partial charge in [-0.15, -0.1) is 16.6 Å². The molecule has 1 heterocycles. The summed E-state index contributed by atoms with van der Waals surface area (Å²) < 4.78 is 10.0. The van der Waals surface area contributed by atoms with Gasteiger partial charge in [-0.2, -0.15) is 9.97 Å². The standard InChI is InChI=1S/C10H15ClN4O2/c1-16-9-12-8(13-10(14-9)17-2)15(6-5-11)7-3-4-7/h7H,3-6H2,1-2H3. The third-order valence-electron chi connectivity index (χ3n) is 2.52. The highest BCUT2D eigenvalue weighted by molar-refractivity contribution is 6.18. The molecule has 1 aromatic rings. The van der Waals surface area contributed by atoms with Crippen molar-refractivity contribution in [2.45, 2.75) is 18.9 Å². The van der Waals surface area contributed by atoms with Crippen LogP contribution in [0.25, 0.3) is 0 Å². The fourth-order valence-electron chi connectivity index (χ4n) is 1.56. The highest BCUT2D eigenvalue weighted by atomic mass is 35.5. The van der Waals surface area contributed by atoms with Crippen molar-refractivity contribution in [2.75, 3.05) is 31.5 Å². The number of alkyl halides is 1. The van der Waals surface area contributed by atoms with Crippen LogP contribution in [0.4, 0.5) is 5.95 Å². The van der Waals surface area contributed by atoms with Crippen molar-refractivity contribution in [3.05, 3.63) is 0 Å². The van der Waals surface area contributed by atoms with E-state index >= 15 is 0 Å². The van der Waals surface area contributed by atoms with Crippen LogP contribution in [-0.4, -0.2) is 47.6 Å². The number of hydrogen-bond donors (Lipinski definition) is 0. The summed E-state index contributed by atoms with van der Waals surface area (Å²) in [7, 11) is 3.03. The highest BCUT2D eigenvalue weighted by Gasteiger charge is 2.31. The molecule has 0 bridgehead atoms. The molecule has 1 saturated carbocycles. The molecule has 1 aromatic heterocycles. The van der Waals surface area contributed by atoms with E-state index in [-0.39, 0.29) is 12.0 Å². The second kappa shape index (κ2) is 5.35. The van der Waals surface area contributed by atoms with Gasteiger partial charge >= 0.3 is 12.0 Å². The number of anilines is 1. The van der Waals surface area contributed by atoms with Gasteiger partial charge in [0.05, 0.1) is 14.2 Å². The maximum Gasteiger partial charge on any atom is 0.324 e. The maximum absolute atomic E-state index is 5.79. The van der Waals surface area contributed by atoms with E-state index in [1.807, 2.05) is 0 Å². The summed E-state index contributed by atoms with van der Waals surface area (Å²) in [4.78, 5) is 14.5. The summed E-state index contributed by atoms with van der Waals surface area (Å²) in [5.74, 6) is 1.10. The van der Waals surface area contributed by atoms with Gasteiger partial charge in [0.1, 0.15) is 0 Å². The van der Waals surface area contributed by atoms with E-state index in [1.165, 1.54) is 14.2 Å². The maximum atomic E-state index is 5.79. The molecule has 1 fully saturated rings. The van der Waals surface area contributed by atoms with Crippen LogP contribution in [0.5, 0.6) is 12.0 Å². The molecule has 0 saturated heterocycles. The van der Waals surface area contributed by atoms with Gasteiger partial charge in [0.25, 0.3) is 0 Å². The monoisotopic (exact) mass is 258 g/mol. The molecular weight excluding hydrogens is 244 g/mol. The topological polar surface area (TPSA) is 60.4 Å². The Morgan fingerprint density at radius 2 is 1.76 bits per heavy atom. The number of halogens is 1. The number of aromatic nitrogens is 3. The van der Waals surface area contributed by atoms with Crippen molar-refractivity contribution in [3.8, 4) is 12.0 Å². The quantitative estimate of drug-likeness (QED) is 0.712. The van der Waals surface area contributed by atoms with Crippen molar-refractivity contribution in [2.24, 2.45) is 0 Å². The summed E-state index contributed by atoms with van der Waals surface area (Å²) in [5.41, 5.74) is 0. The Morgan fingerprint density at radius 1 is 1.18 bits per heavy atom. The summed E-state index contributed by atoms with van der Waals surface area (Å²) in [6.45, 7) is 0.711. The van der Waals surface area contributed by atoms with E-state index in [1.54, 1.807) is 0 Å². The molecule has 0 aliphatic heterocycles. The Bertz CT molecular complexity index is 364. The lowest BCUT2D eigenvalue weighted by Gasteiger charge is -2.21. The van der Waals surface area contributed by atoms with Crippen LogP contribution in [0, 0.1) is 0 Å². The van der Waals surface area contributed by atoms with E-state index in [0.717, 1.165) is 12.8 Å². The van der Waals surface area contributed by atoms with Crippen LogP contribution >= 0.6 is 11.6 Å². The summed E-state index contributed by atoms with van der Waals surface area (Å²) in [6.07, 6.45) is 2.29. The third-order valence-corrected chi connectivity index (χ3v) is 2.69. The van der Waals surface area contributed by atoms with Crippen LogP contribution in [0.2, 0.25) is 0 Å². The largest absolute Gasteiger partial charge is 0.467 e. The molecule has 6 nitrogen and oxygen atoms in total. The lowest BCUT2D eigenvalue weighted by atomic mass is 10.5. The van der Waals surface area contributed by atoms with E-state index in [4.69, 9.17) is 21.1 Å². The predicted octanol–water partition coefficient (Wildman–Crippen LogP) is 1.10. The number of methoxy groups -OCH3 is 2. The highest BCUT2D eigenvalue weighted by Crippen LogP contribution is 2.30. The SMILES string of the molecule is COc1nc(OC)nc(N(CCCl)C2CC2)n1. The lowest BCUT2D eigenvalue weighted by Crippen LogP contribution is -2.30. The van der Waals surface area contributed by atoms with Gasteiger partial charge in [0.15, 0.2) is 0 Å². The Kier molecular flexibility index (Phi) is 3.83. The van der Waals surface area contributed by atoms with Gasteiger partial charge in [0.2, 0.25) is 5.95 Å². The van der Waals surface area contributed by atoms with E-state index in [0.29, 0.717) is 24.4 Å². The third kappa shape index (κ3) is 2.88. The van der Waals surface area contributed by atoms with Crippen molar-refractivity contribution in [3.63, 3.8) is 0 Å². The molecule has 1 aliphatic carbocycles. The molecular formula is C10H15ClN4O2. The average molecular weight is 259 g/mol. The molecule has 7 heteroatoms. The Hall–Kier alpha value is -1.30. The Morgan fingerprint density at radius 3 is 2.18 bits per heavy atom. The normalized spacial score (nSPS) is 14.5. The molecule has 0 atom stereocenters. The van der Waals surface area contributed by atoms with Crippen LogP contribution in [0.1, 0.15) is 12.8 Å². The number of hydrogen-bond acceptors (Lipinski definition) is 6. The van der Waals surface area contributed by atoms with Crippen LogP contribution < -0.4 is 14.4 Å². The van der Waals surface area contributed by atoms with Gasteiger partial charge < -0.3 is 14.4 Å². The fourth-order valence-corrected chi connectivity index (χ4v) is 1.74. The van der Waals surface area contributed by atoms with Crippen molar-refractivity contribution in [1.29, 1.82) is 0 Å². The number of ether oxygens (including phenoxy) is 2. The van der Waals surface area contributed by atoms with E-state index in [9.17, 15) is 0 Å². The minimum absolute atomic E-state index is 0.257. The number of nitrogens with zero attached hydrogens (tertiary/aromatic N) is 4. The van der Waals surface area contributed by atoms with Crippen molar-refractivity contribution in [1.82, 2.24) is 15.0 Å². The van der Waals surface area contributed by atoms with E-state index in [2.05, 4.69) is 19.9 Å². The molecule has 17 heavy (non-hydrogen) atoms. The van der Waals surface area contributed by atoms with Crippen molar-refractivity contribution >= 4 is 17.5 Å². The molecule has 94 valence electrons. The smallest absolute Gasteiger partial charge is 0.324 e. The summed E-state index contributed by atoms with van der Waals surface area (Å²) in [6, 6.07) is 0.990. The predicted molar refractivity (Wildman–Crippen MR) is 64.0 cm³/mol. The first kappa shape index (κ1) is 12.2. The first-order valence-electron chi connectivity index (χ1n) is 5.45. The molecule has 0 spiro atoms. The first-order chi connectivity index (χ1) is 8.28. The van der Waals surface area contributed by atoms with E-state index < -0.39 is 0 Å². The minimum atomic E-state index is 0.257.